The number of benzene rings is 2. The van der Waals surface area contributed by atoms with Crippen LogP contribution in [0.5, 0.6) is 0 Å². The number of aryl methyl sites for hydroxylation is 3. The molecular weight excluding hydrogens is 314 g/mol. The van der Waals surface area contributed by atoms with Gasteiger partial charge in [-0.05, 0) is 56.2 Å². The normalized spacial score (nSPS) is 11.3. The quantitative estimate of drug-likeness (QED) is 0.913. The molecule has 2 aromatic rings. The highest BCUT2D eigenvalue weighted by Crippen LogP contribution is 2.25. The molecule has 5 nitrogen and oxygen atoms in total. The lowest BCUT2D eigenvalue weighted by Gasteiger charge is -2.23. The molecule has 0 aliphatic rings. The summed E-state index contributed by atoms with van der Waals surface area (Å²) in [7, 11) is -3.94. The van der Waals surface area contributed by atoms with Crippen LogP contribution in [0.25, 0.3) is 0 Å². The summed E-state index contributed by atoms with van der Waals surface area (Å²) >= 11 is 0. The van der Waals surface area contributed by atoms with Crippen molar-refractivity contribution in [3.05, 3.63) is 59.2 Å². The first-order valence-electron chi connectivity index (χ1n) is 7.10. The molecule has 0 amide bonds. The second-order valence-corrected chi connectivity index (χ2v) is 7.35. The fourth-order valence-electron chi connectivity index (χ4n) is 2.16. The van der Waals surface area contributed by atoms with Crippen LogP contribution in [0.4, 0.5) is 5.69 Å². The lowest BCUT2D eigenvalue weighted by atomic mass is 10.1. The first-order chi connectivity index (χ1) is 10.7. The molecule has 0 aliphatic heterocycles. The van der Waals surface area contributed by atoms with Gasteiger partial charge in [-0.3, -0.25) is 9.10 Å². The van der Waals surface area contributed by atoms with Gasteiger partial charge < -0.3 is 5.11 Å². The van der Waals surface area contributed by atoms with E-state index in [4.69, 9.17) is 5.11 Å². The third-order valence-electron chi connectivity index (χ3n) is 3.67. The maximum absolute atomic E-state index is 12.8. The van der Waals surface area contributed by atoms with E-state index in [2.05, 4.69) is 0 Å². The number of hydrogen-bond donors (Lipinski definition) is 1. The number of hydrogen-bond acceptors (Lipinski definition) is 3. The third kappa shape index (κ3) is 3.71. The highest BCUT2D eigenvalue weighted by Gasteiger charge is 2.27. The molecule has 23 heavy (non-hydrogen) atoms. The Morgan fingerprint density at radius 3 is 2.13 bits per heavy atom. The van der Waals surface area contributed by atoms with Gasteiger partial charge in [-0.1, -0.05) is 23.8 Å². The minimum atomic E-state index is -3.94. The summed E-state index contributed by atoms with van der Waals surface area (Å²) in [6.07, 6.45) is 0. The van der Waals surface area contributed by atoms with Gasteiger partial charge in [0.15, 0.2) is 0 Å². The standard InChI is InChI=1S/C17H19NO4S/c1-12-4-8-16(9-5-12)23(21,22)18(11-17(19)20)15-7-6-13(2)14(3)10-15/h4-10H,11H2,1-3H3,(H,19,20). The molecule has 0 unspecified atom stereocenters. The number of sulfonamides is 1. The Balaban J connectivity index is 2.55. The Bertz CT molecular complexity index is 826. The molecule has 0 atom stereocenters. The molecule has 1 N–H and O–H groups in total. The van der Waals surface area contributed by atoms with Gasteiger partial charge in [0.1, 0.15) is 6.54 Å². The number of carboxylic acid groups (broad SMARTS) is 1. The van der Waals surface area contributed by atoms with Crippen LogP contribution >= 0.6 is 0 Å². The summed E-state index contributed by atoms with van der Waals surface area (Å²) in [5, 5.41) is 9.12. The van der Waals surface area contributed by atoms with Crippen LogP contribution in [0.3, 0.4) is 0 Å². The van der Waals surface area contributed by atoms with E-state index in [1.807, 2.05) is 20.8 Å². The van der Waals surface area contributed by atoms with Crippen molar-refractivity contribution >= 4 is 21.7 Å². The van der Waals surface area contributed by atoms with E-state index in [0.29, 0.717) is 5.69 Å². The van der Waals surface area contributed by atoms with Crippen LogP contribution in [-0.2, 0) is 14.8 Å². The molecule has 0 bridgehead atoms. The maximum atomic E-state index is 12.8. The van der Waals surface area contributed by atoms with Crippen molar-refractivity contribution in [3.8, 4) is 0 Å². The summed E-state index contributed by atoms with van der Waals surface area (Å²) in [6.45, 7) is 5.00. The van der Waals surface area contributed by atoms with Crippen molar-refractivity contribution in [2.24, 2.45) is 0 Å². The van der Waals surface area contributed by atoms with E-state index >= 15 is 0 Å². The van der Waals surface area contributed by atoms with Gasteiger partial charge in [0.05, 0.1) is 10.6 Å². The second kappa shape index (κ2) is 6.42. The van der Waals surface area contributed by atoms with Gasteiger partial charge in [-0.25, -0.2) is 8.42 Å². The fraction of sp³-hybridized carbons (Fsp3) is 0.235. The van der Waals surface area contributed by atoms with E-state index in [-0.39, 0.29) is 4.90 Å². The Kier molecular flexibility index (Phi) is 4.75. The van der Waals surface area contributed by atoms with Crippen molar-refractivity contribution in [3.63, 3.8) is 0 Å². The maximum Gasteiger partial charge on any atom is 0.324 e. The number of carbonyl (C=O) groups is 1. The predicted molar refractivity (Wildman–Crippen MR) is 89.3 cm³/mol. The summed E-state index contributed by atoms with van der Waals surface area (Å²) < 4.78 is 26.6. The van der Waals surface area contributed by atoms with Gasteiger partial charge in [0.2, 0.25) is 0 Å². The van der Waals surface area contributed by atoms with E-state index in [9.17, 15) is 13.2 Å². The van der Waals surface area contributed by atoms with Crippen LogP contribution in [0.2, 0.25) is 0 Å². The highest BCUT2D eigenvalue weighted by molar-refractivity contribution is 7.92. The summed E-state index contributed by atoms with van der Waals surface area (Å²) in [5.41, 5.74) is 3.18. The van der Waals surface area contributed by atoms with Gasteiger partial charge in [0, 0.05) is 0 Å². The molecule has 0 saturated carbocycles. The topological polar surface area (TPSA) is 74.7 Å². The van der Waals surface area contributed by atoms with Gasteiger partial charge in [0.25, 0.3) is 10.0 Å². The average molecular weight is 333 g/mol. The van der Waals surface area contributed by atoms with Crippen molar-refractivity contribution in [2.75, 3.05) is 10.8 Å². The van der Waals surface area contributed by atoms with Crippen molar-refractivity contribution < 1.29 is 18.3 Å². The van der Waals surface area contributed by atoms with Gasteiger partial charge >= 0.3 is 5.97 Å². The summed E-state index contributed by atoms with van der Waals surface area (Å²) in [6, 6.07) is 11.4. The molecule has 2 rings (SSSR count). The number of carboxylic acids is 1. The Labute approximate surface area is 136 Å². The van der Waals surface area contributed by atoms with E-state index in [1.165, 1.54) is 12.1 Å². The van der Waals surface area contributed by atoms with Gasteiger partial charge in [-0.2, -0.15) is 0 Å². The monoisotopic (exact) mass is 333 g/mol. The van der Waals surface area contributed by atoms with Gasteiger partial charge in [-0.15, -0.1) is 0 Å². The van der Waals surface area contributed by atoms with E-state index < -0.39 is 22.5 Å². The lowest BCUT2D eigenvalue weighted by Crippen LogP contribution is -2.35. The number of aliphatic carboxylic acids is 1. The average Bonchev–Trinajstić information content (AvgIpc) is 2.48. The van der Waals surface area contributed by atoms with E-state index in [1.54, 1.807) is 30.3 Å². The molecule has 2 aromatic carbocycles. The smallest absolute Gasteiger partial charge is 0.324 e. The van der Waals surface area contributed by atoms with Crippen molar-refractivity contribution in [2.45, 2.75) is 25.7 Å². The highest BCUT2D eigenvalue weighted by atomic mass is 32.2. The number of nitrogens with zero attached hydrogens (tertiary/aromatic N) is 1. The zero-order valence-corrected chi connectivity index (χ0v) is 14.1. The Morgan fingerprint density at radius 2 is 1.61 bits per heavy atom. The number of anilines is 1. The Hall–Kier alpha value is -2.34. The summed E-state index contributed by atoms with van der Waals surface area (Å²) in [4.78, 5) is 11.2. The molecule has 0 aliphatic carbocycles. The second-order valence-electron chi connectivity index (χ2n) is 5.49. The molecule has 0 heterocycles. The molecule has 0 radical (unpaired) electrons. The lowest BCUT2D eigenvalue weighted by molar-refractivity contribution is -0.135. The molecule has 0 spiro atoms. The largest absolute Gasteiger partial charge is 0.480 e. The van der Waals surface area contributed by atoms with Crippen molar-refractivity contribution in [1.82, 2.24) is 0 Å². The third-order valence-corrected chi connectivity index (χ3v) is 5.45. The van der Waals surface area contributed by atoms with E-state index in [0.717, 1.165) is 21.0 Å². The zero-order chi connectivity index (χ0) is 17.2. The first-order valence-corrected chi connectivity index (χ1v) is 8.54. The molecule has 0 fully saturated rings. The Morgan fingerprint density at radius 1 is 1.00 bits per heavy atom. The van der Waals surface area contributed by atoms with Crippen LogP contribution < -0.4 is 4.31 Å². The predicted octanol–water partition coefficient (Wildman–Crippen LogP) is 2.89. The fourth-order valence-corrected chi connectivity index (χ4v) is 3.56. The van der Waals surface area contributed by atoms with Crippen LogP contribution in [0, 0.1) is 20.8 Å². The first kappa shape index (κ1) is 17.0. The summed E-state index contributed by atoms with van der Waals surface area (Å²) in [5.74, 6) is -1.21. The van der Waals surface area contributed by atoms with Crippen LogP contribution in [0.1, 0.15) is 16.7 Å². The molecule has 0 saturated heterocycles. The molecule has 122 valence electrons. The minimum absolute atomic E-state index is 0.0718. The van der Waals surface area contributed by atoms with Crippen LogP contribution in [-0.4, -0.2) is 26.0 Å². The minimum Gasteiger partial charge on any atom is -0.480 e. The van der Waals surface area contributed by atoms with Crippen LogP contribution in [0.15, 0.2) is 47.4 Å². The molecular formula is C17H19NO4S. The molecule has 6 heteroatoms. The van der Waals surface area contributed by atoms with Crippen molar-refractivity contribution in [1.29, 1.82) is 0 Å². The zero-order valence-electron chi connectivity index (χ0n) is 13.3. The molecule has 0 aromatic heterocycles. The number of rotatable bonds is 5. The SMILES string of the molecule is Cc1ccc(S(=O)(=O)N(CC(=O)O)c2ccc(C)c(C)c2)cc1.